The number of hydrogen-bond acceptors (Lipinski definition) is 3. The van der Waals surface area contributed by atoms with Crippen molar-refractivity contribution in [1.82, 2.24) is 14.9 Å². The van der Waals surface area contributed by atoms with Crippen molar-refractivity contribution >= 4 is 33.8 Å². The number of ether oxygens (including phenoxy) is 1. The minimum absolute atomic E-state index is 0.0785. The zero-order valence-electron chi connectivity index (χ0n) is 21.8. The lowest BCUT2D eigenvalue weighted by molar-refractivity contribution is 0.340. The highest BCUT2D eigenvalue weighted by Gasteiger charge is 2.42. The first-order chi connectivity index (χ1) is 18.6. The summed E-state index contributed by atoms with van der Waals surface area (Å²) < 4.78 is 8.06. The Morgan fingerprint density at radius 1 is 0.921 bits per heavy atom. The van der Waals surface area contributed by atoms with E-state index in [1.165, 1.54) is 33.4 Å². The number of thiocarbonyl (C=S) groups is 1. The number of fused-ring (bicyclic) bond motifs is 1. The van der Waals surface area contributed by atoms with E-state index in [4.69, 9.17) is 21.9 Å². The van der Waals surface area contributed by atoms with Crippen LogP contribution in [0.2, 0.25) is 0 Å². The second kappa shape index (κ2) is 9.95. The Morgan fingerprint density at radius 2 is 1.68 bits per heavy atom. The molecule has 5 nitrogen and oxygen atoms in total. The third-order valence-electron chi connectivity index (χ3n) is 7.32. The predicted molar refractivity (Wildman–Crippen MR) is 158 cm³/mol. The van der Waals surface area contributed by atoms with Crippen LogP contribution in [0.25, 0.3) is 16.5 Å². The van der Waals surface area contributed by atoms with Gasteiger partial charge in [0, 0.05) is 28.7 Å². The number of hydrogen-bond donors (Lipinski definition) is 1. The lowest BCUT2D eigenvalue weighted by atomic mass is 9.96. The van der Waals surface area contributed by atoms with E-state index in [1.54, 1.807) is 0 Å². The van der Waals surface area contributed by atoms with E-state index < -0.39 is 0 Å². The molecule has 2 atom stereocenters. The number of nitrogens with one attached hydrogen (secondary N) is 1. The molecule has 2 unspecified atom stereocenters. The van der Waals surface area contributed by atoms with E-state index in [9.17, 15) is 0 Å². The van der Waals surface area contributed by atoms with Crippen LogP contribution in [-0.2, 0) is 0 Å². The molecule has 6 heteroatoms. The molecule has 0 aliphatic carbocycles. The second-order valence-electron chi connectivity index (χ2n) is 9.58. The summed E-state index contributed by atoms with van der Waals surface area (Å²) >= 11 is 5.95. The normalized spacial score (nSPS) is 17.1. The van der Waals surface area contributed by atoms with Crippen molar-refractivity contribution < 1.29 is 4.74 Å². The molecule has 0 saturated carbocycles. The highest BCUT2D eigenvalue weighted by atomic mass is 32.1. The molecule has 6 rings (SSSR count). The summed E-state index contributed by atoms with van der Waals surface area (Å²) in [6.45, 7) is 7.01. The van der Waals surface area contributed by atoms with Gasteiger partial charge in [0.2, 0.25) is 0 Å². The minimum Gasteiger partial charge on any atom is -0.494 e. The largest absolute Gasteiger partial charge is 0.494 e. The zero-order valence-corrected chi connectivity index (χ0v) is 22.6. The summed E-state index contributed by atoms with van der Waals surface area (Å²) in [6.07, 6.45) is 1.84. The van der Waals surface area contributed by atoms with Crippen LogP contribution in [0, 0.1) is 13.8 Å². The molecule has 1 aliphatic heterocycles. The van der Waals surface area contributed by atoms with Gasteiger partial charge in [0.25, 0.3) is 0 Å². The standard InChI is InChI=1S/C32H30N4OS/c1-4-37-25-17-15-24(16-18-25)36-31(30(34-32(36)38)28-13-7-8-19-33-28)27-20-21(2)35(22(27)3)29-14-9-11-23-10-5-6-12-26(23)29/h5-20,30-31H,4H2,1-3H3,(H,34,38). The number of aryl methyl sites for hydroxylation is 1. The average Bonchev–Trinajstić information content (AvgIpc) is 3.44. The highest BCUT2D eigenvalue weighted by molar-refractivity contribution is 7.80. The van der Waals surface area contributed by atoms with Crippen molar-refractivity contribution in [1.29, 1.82) is 0 Å². The summed E-state index contributed by atoms with van der Waals surface area (Å²) in [5.41, 5.74) is 6.74. The molecular weight excluding hydrogens is 488 g/mol. The van der Waals surface area contributed by atoms with Crippen LogP contribution < -0.4 is 15.0 Å². The van der Waals surface area contributed by atoms with Gasteiger partial charge in [0.05, 0.1) is 30.1 Å². The van der Waals surface area contributed by atoms with Gasteiger partial charge < -0.3 is 19.5 Å². The summed E-state index contributed by atoms with van der Waals surface area (Å²) in [5, 5.41) is 6.73. The Bertz CT molecular complexity index is 1610. The summed E-state index contributed by atoms with van der Waals surface area (Å²) in [4.78, 5) is 6.94. The van der Waals surface area contributed by atoms with Gasteiger partial charge in [-0.1, -0.05) is 42.5 Å². The van der Waals surface area contributed by atoms with Crippen LogP contribution in [-0.4, -0.2) is 21.3 Å². The Labute approximate surface area is 228 Å². The molecule has 3 aromatic carbocycles. The summed E-state index contributed by atoms with van der Waals surface area (Å²) in [5.74, 6) is 0.848. The molecule has 2 aromatic heterocycles. The number of aromatic nitrogens is 2. The average molecular weight is 519 g/mol. The fraction of sp³-hybridized carbons (Fsp3) is 0.188. The van der Waals surface area contributed by atoms with Crippen molar-refractivity contribution in [3.63, 3.8) is 0 Å². The van der Waals surface area contributed by atoms with E-state index >= 15 is 0 Å². The van der Waals surface area contributed by atoms with E-state index in [2.05, 4.69) is 95.4 Å². The van der Waals surface area contributed by atoms with Crippen molar-refractivity contribution in [2.24, 2.45) is 0 Å². The van der Waals surface area contributed by atoms with E-state index in [0.29, 0.717) is 11.7 Å². The molecule has 3 heterocycles. The monoisotopic (exact) mass is 518 g/mol. The van der Waals surface area contributed by atoms with Gasteiger partial charge in [-0.3, -0.25) is 4.98 Å². The Balaban J connectivity index is 1.51. The van der Waals surface area contributed by atoms with Crippen LogP contribution in [0.1, 0.15) is 41.7 Å². The molecule has 190 valence electrons. The maximum atomic E-state index is 5.95. The first-order valence-electron chi connectivity index (χ1n) is 13.0. The van der Waals surface area contributed by atoms with Crippen molar-refractivity contribution in [3.8, 4) is 11.4 Å². The number of benzene rings is 3. The fourth-order valence-electron chi connectivity index (χ4n) is 5.68. The minimum atomic E-state index is -0.100. The molecule has 1 fully saturated rings. The van der Waals surface area contributed by atoms with Crippen LogP contribution >= 0.6 is 12.2 Å². The third-order valence-corrected chi connectivity index (χ3v) is 7.63. The van der Waals surface area contributed by atoms with Gasteiger partial charge in [-0.15, -0.1) is 0 Å². The van der Waals surface area contributed by atoms with Crippen LogP contribution in [0.3, 0.4) is 0 Å². The Morgan fingerprint density at radius 3 is 2.45 bits per heavy atom. The topological polar surface area (TPSA) is 42.3 Å². The third kappa shape index (κ3) is 4.11. The molecule has 0 spiro atoms. The van der Waals surface area contributed by atoms with E-state index in [0.717, 1.165) is 17.1 Å². The predicted octanol–water partition coefficient (Wildman–Crippen LogP) is 7.22. The van der Waals surface area contributed by atoms with Gasteiger partial charge in [-0.25, -0.2) is 0 Å². The molecule has 0 bridgehead atoms. The highest BCUT2D eigenvalue weighted by Crippen LogP contribution is 2.44. The number of anilines is 1. The van der Waals surface area contributed by atoms with Crippen LogP contribution in [0.15, 0.2) is 97.2 Å². The van der Waals surface area contributed by atoms with Crippen molar-refractivity contribution in [3.05, 3.63) is 120 Å². The molecule has 1 N–H and O–H groups in total. The lowest BCUT2D eigenvalue weighted by Gasteiger charge is -2.28. The first kappa shape index (κ1) is 24.2. The van der Waals surface area contributed by atoms with Gasteiger partial charge in [0.1, 0.15) is 5.75 Å². The zero-order chi connectivity index (χ0) is 26.2. The van der Waals surface area contributed by atoms with Crippen LogP contribution in [0.4, 0.5) is 5.69 Å². The van der Waals surface area contributed by atoms with Crippen molar-refractivity contribution in [2.45, 2.75) is 32.9 Å². The summed E-state index contributed by atoms with van der Waals surface area (Å²) in [6, 6.07) is 31.4. The fourth-order valence-corrected chi connectivity index (χ4v) is 6.03. The lowest BCUT2D eigenvalue weighted by Crippen LogP contribution is -2.29. The Kier molecular flexibility index (Phi) is 6.34. The van der Waals surface area contributed by atoms with Gasteiger partial charge >= 0.3 is 0 Å². The summed E-state index contributed by atoms with van der Waals surface area (Å²) in [7, 11) is 0. The molecule has 0 radical (unpaired) electrons. The number of pyridine rings is 1. The number of nitrogens with zero attached hydrogens (tertiary/aromatic N) is 3. The second-order valence-corrected chi connectivity index (χ2v) is 9.97. The SMILES string of the molecule is CCOc1ccc(N2C(=S)NC(c3ccccn3)C2c2cc(C)n(-c3cccc4ccccc34)c2C)cc1. The van der Waals surface area contributed by atoms with Crippen LogP contribution in [0.5, 0.6) is 5.75 Å². The van der Waals surface area contributed by atoms with Gasteiger partial charge in [0.15, 0.2) is 5.11 Å². The van der Waals surface area contributed by atoms with Gasteiger partial charge in [-0.2, -0.15) is 0 Å². The molecule has 38 heavy (non-hydrogen) atoms. The maximum Gasteiger partial charge on any atom is 0.174 e. The van der Waals surface area contributed by atoms with E-state index in [1.807, 2.05) is 37.4 Å². The molecule has 1 aliphatic rings. The molecule has 5 aromatic rings. The smallest absolute Gasteiger partial charge is 0.174 e. The molecular formula is C32H30N4OS. The van der Waals surface area contributed by atoms with Crippen molar-refractivity contribution in [2.75, 3.05) is 11.5 Å². The molecule has 0 amide bonds. The first-order valence-corrected chi connectivity index (χ1v) is 13.4. The molecule has 1 saturated heterocycles. The Hall–Kier alpha value is -4.16. The quantitative estimate of drug-likeness (QED) is 0.240. The van der Waals surface area contributed by atoms with Gasteiger partial charge in [-0.05, 0) is 92.5 Å². The maximum absolute atomic E-state index is 5.95. The number of rotatable bonds is 6. The van der Waals surface area contributed by atoms with E-state index in [-0.39, 0.29) is 12.1 Å².